The molecule has 1 aliphatic carbocycles. The molecule has 1 amide bonds. The van der Waals surface area contributed by atoms with Gasteiger partial charge in [0.25, 0.3) is 0 Å². The van der Waals surface area contributed by atoms with Crippen molar-refractivity contribution in [3.8, 4) is 11.5 Å². The number of halogens is 1. The van der Waals surface area contributed by atoms with Gasteiger partial charge in [-0.1, -0.05) is 0 Å². The van der Waals surface area contributed by atoms with E-state index in [0.717, 1.165) is 31.1 Å². The Morgan fingerprint density at radius 2 is 2.07 bits per heavy atom. The first-order valence-electron chi connectivity index (χ1n) is 9.57. The number of benzene rings is 1. The Balaban J connectivity index is 1.21. The Morgan fingerprint density at radius 1 is 1.29 bits per heavy atom. The van der Waals surface area contributed by atoms with Gasteiger partial charge in [-0.25, -0.2) is 9.37 Å². The molecule has 0 atom stereocenters. The number of methoxy groups -OCH3 is 1. The Kier molecular flexibility index (Phi) is 5.66. The predicted molar refractivity (Wildman–Crippen MR) is 106 cm³/mol. The van der Waals surface area contributed by atoms with Crippen molar-refractivity contribution in [2.75, 3.05) is 25.1 Å². The maximum absolute atomic E-state index is 13.4. The highest BCUT2D eigenvalue weighted by molar-refractivity contribution is 7.13. The molecule has 2 fully saturated rings. The summed E-state index contributed by atoms with van der Waals surface area (Å²) in [6.07, 6.45) is 4.88. The Hall–Kier alpha value is -2.35. The zero-order valence-corrected chi connectivity index (χ0v) is 16.6. The lowest BCUT2D eigenvalue weighted by atomic mass is 9.81. The Labute approximate surface area is 167 Å². The van der Waals surface area contributed by atoms with Crippen LogP contribution in [-0.4, -0.2) is 43.2 Å². The first-order chi connectivity index (χ1) is 13.6. The number of nitrogens with one attached hydrogen (secondary N) is 1. The summed E-state index contributed by atoms with van der Waals surface area (Å²) >= 11 is 1.65. The van der Waals surface area contributed by atoms with Crippen LogP contribution in [0.5, 0.6) is 11.5 Å². The predicted octanol–water partition coefficient (Wildman–Crippen LogP) is 3.23. The normalized spacial score (nSPS) is 22.4. The third-order valence-corrected chi connectivity index (χ3v) is 6.25. The van der Waals surface area contributed by atoms with Gasteiger partial charge in [0.05, 0.1) is 7.11 Å². The summed E-state index contributed by atoms with van der Waals surface area (Å²) in [7, 11) is 1.52. The molecule has 2 aromatic rings. The van der Waals surface area contributed by atoms with Crippen LogP contribution >= 0.6 is 11.3 Å². The van der Waals surface area contributed by atoms with Crippen LogP contribution < -0.4 is 19.7 Å². The van der Waals surface area contributed by atoms with E-state index in [9.17, 15) is 9.18 Å². The van der Waals surface area contributed by atoms with Gasteiger partial charge in [-0.2, -0.15) is 0 Å². The number of aromatic nitrogens is 1. The molecule has 1 saturated heterocycles. The van der Waals surface area contributed by atoms with E-state index in [1.165, 1.54) is 19.2 Å². The number of piperidine rings is 1. The maximum Gasteiger partial charge on any atom is 0.223 e. The van der Waals surface area contributed by atoms with Crippen molar-refractivity contribution in [1.29, 1.82) is 0 Å². The van der Waals surface area contributed by atoms with Crippen molar-refractivity contribution in [2.45, 2.75) is 37.8 Å². The van der Waals surface area contributed by atoms with Gasteiger partial charge in [-0.3, -0.25) is 4.79 Å². The SMILES string of the molecule is COc1ccc(F)cc1OC1CC(C(=O)NC2CCN(c3nccs3)CC2)C1. The highest BCUT2D eigenvalue weighted by Gasteiger charge is 2.37. The number of rotatable bonds is 6. The number of carbonyl (C=O) groups excluding carboxylic acids is 1. The summed E-state index contributed by atoms with van der Waals surface area (Å²) in [5, 5.41) is 6.22. The number of carbonyl (C=O) groups is 1. The Morgan fingerprint density at radius 3 is 2.75 bits per heavy atom. The minimum absolute atomic E-state index is 0.0402. The zero-order chi connectivity index (χ0) is 19.5. The van der Waals surface area contributed by atoms with Crippen molar-refractivity contribution in [1.82, 2.24) is 10.3 Å². The fourth-order valence-electron chi connectivity index (χ4n) is 3.70. The molecule has 1 aromatic carbocycles. The van der Waals surface area contributed by atoms with E-state index in [0.29, 0.717) is 24.3 Å². The molecule has 28 heavy (non-hydrogen) atoms. The average Bonchev–Trinajstić information content (AvgIpc) is 3.19. The third kappa shape index (κ3) is 4.22. The number of nitrogens with zero attached hydrogens (tertiary/aromatic N) is 2. The molecule has 8 heteroatoms. The van der Waals surface area contributed by atoms with Crippen molar-refractivity contribution in [3.05, 3.63) is 35.6 Å². The molecule has 0 radical (unpaired) electrons. The number of hydrogen-bond acceptors (Lipinski definition) is 6. The number of amides is 1. The quantitative estimate of drug-likeness (QED) is 0.799. The molecule has 0 spiro atoms. The van der Waals surface area contributed by atoms with Gasteiger partial charge in [0.2, 0.25) is 5.91 Å². The van der Waals surface area contributed by atoms with Crippen LogP contribution in [0.3, 0.4) is 0 Å². The Bertz CT molecular complexity index is 803. The topological polar surface area (TPSA) is 63.7 Å². The van der Waals surface area contributed by atoms with Gasteiger partial charge in [-0.15, -0.1) is 11.3 Å². The highest BCUT2D eigenvalue weighted by atomic mass is 32.1. The molecule has 1 saturated carbocycles. The second kappa shape index (κ2) is 8.34. The number of anilines is 1. The van der Waals surface area contributed by atoms with E-state index >= 15 is 0 Å². The molecule has 2 aliphatic rings. The van der Waals surface area contributed by atoms with Gasteiger partial charge >= 0.3 is 0 Å². The standard InChI is InChI=1S/C20H24FN3O3S/c1-26-17-3-2-14(21)12-18(17)27-16-10-13(11-16)19(25)23-15-4-7-24(8-5-15)20-22-6-9-28-20/h2-3,6,9,12-13,15-16H,4-5,7-8,10-11H2,1H3,(H,23,25). The fourth-order valence-corrected chi connectivity index (χ4v) is 4.40. The lowest BCUT2D eigenvalue weighted by Gasteiger charge is -2.37. The van der Waals surface area contributed by atoms with Crippen LogP contribution in [0.2, 0.25) is 0 Å². The molecule has 6 nitrogen and oxygen atoms in total. The first-order valence-corrected chi connectivity index (χ1v) is 10.5. The molecule has 0 bridgehead atoms. The molecule has 1 aromatic heterocycles. The van der Waals surface area contributed by atoms with E-state index in [1.807, 2.05) is 11.6 Å². The van der Waals surface area contributed by atoms with Gasteiger partial charge in [0, 0.05) is 42.7 Å². The second-order valence-corrected chi connectivity index (χ2v) is 8.16. The molecule has 0 unspecified atom stereocenters. The molecule has 1 aliphatic heterocycles. The summed E-state index contributed by atoms with van der Waals surface area (Å²) in [5.41, 5.74) is 0. The van der Waals surface area contributed by atoms with Crippen molar-refractivity contribution in [2.24, 2.45) is 5.92 Å². The van der Waals surface area contributed by atoms with E-state index in [2.05, 4.69) is 15.2 Å². The largest absolute Gasteiger partial charge is 0.493 e. The van der Waals surface area contributed by atoms with Gasteiger partial charge in [0.1, 0.15) is 11.9 Å². The smallest absolute Gasteiger partial charge is 0.223 e. The monoisotopic (exact) mass is 405 g/mol. The van der Waals surface area contributed by atoms with E-state index < -0.39 is 0 Å². The van der Waals surface area contributed by atoms with Crippen LogP contribution in [0.1, 0.15) is 25.7 Å². The van der Waals surface area contributed by atoms with Gasteiger partial charge in [-0.05, 0) is 37.8 Å². The minimum atomic E-state index is -0.367. The van der Waals surface area contributed by atoms with Gasteiger partial charge < -0.3 is 19.7 Å². The molecule has 2 heterocycles. The van der Waals surface area contributed by atoms with Crippen LogP contribution in [0.15, 0.2) is 29.8 Å². The third-order valence-electron chi connectivity index (χ3n) is 5.42. The molecule has 1 N–H and O–H groups in total. The summed E-state index contributed by atoms with van der Waals surface area (Å²) in [5.74, 6) is 0.580. The van der Waals surface area contributed by atoms with Crippen molar-refractivity contribution >= 4 is 22.4 Å². The highest BCUT2D eigenvalue weighted by Crippen LogP contribution is 2.36. The second-order valence-electron chi connectivity index (χ2n) is 7.29. The van der Waals surface area contributed by atoms with E-state index in [-0.39, 0.29) is 29.8 Å². The fraction of sp³-hybridized carbons (Fsp3) is 0.500. The lowest BCUT2D eigenvalue weighted by Crippen LogP contribution is -2.50. The average molecular weight is 405 g/mol. The molecular formula is C20H24FN3O3S. The van der Waals surface area contributed by atoms with E-state index in [1.54, 1.807) is 17.4 Å². The van der Waals surface area contributed by atoms with Crippen molar-refractivity contribution < 1.29 is 18.7 Å². The number of hydrogen-bond donors (Lipinski definition) is 1. The van der Waals surface area contributed by atoms with Crippen LogP contribution in [0.4, 0.5) is 9.52 Å². The summed E-state index contributed by atoms with van der Waals surface area (Å²) < 4.78 is 24.5. The van der Waals surface area contributed by atoms with E-state index in [4.69, 9.17) is 9.47 Å². The van der Waals surface area contributed by atoms with Crippen molar-refractivity contribution in [3.63, 3.8) is 0 Å². The molecule has 4 rings (SSSR count). The lowest BCUT2D eigenvalue weighted by molar-refractivity contribution is -0.131. The van der Waals surface area contributed by atoms with Crippen LogP contribution in [0.25, 0.3) is 0 Å². The minimum Gasteiger partial charge on any atom is -0.493 e. The summed E-state index contributed by atoms with van der Waals surface area (Å²) in [6.45, 7) is 1.82. The molecule has 150 valence electrons. The first kappa shape index (κ1) is 19.0. The van der Waals surface area contributed by atoms with Gasteiger partial charge in [0.15, 0.2) is 16.6 Å². The van der Waals surface area contributed by atoms with Crippen LogP contribution in [-0.2, 0) is 4.79 Å². The number of thiazole rings is 1. The van der Waals surface area contributed by atoms with Crippen LogP contribution in [0, 0.1) is 11.7 Å². The number of ether oxygens (including phenoxy) is 2. The summed E-state index contributed by atoms with van der Waals surface area (Å²) in [4.78, 5) is 19.1. The zero-order valence-electron chi connectivity index (χ0n) is 15.8. The maximum atomic E-state index is 13.4. The summed E-state index contributed by atoms with van der Waals surface area (Å²) in [6, 6.07) is 4.42. The molecular weight excluding hydrogens is 381 g/mol.